The topological polar surface area (TPSA) is 70.6 Å². The predicted molar refractivity (Wildman–Crippen MR) is 83.1 cm³/mol. The number of carbonyl (C=O) groups excluding carboxylic acids is 2. The van der Waals surface area contributed by atoms with Crippen molar-refractivity contribution >= 4 is 33.6 Å². The fourth-order valence-electron chi connectivity index (χ4n) is 2.79. The molecule has 5 nitrogen and oxygen atoms in total. The Morgan fingerprint density at radius 1 is 1.19 bits per heavy atom. The molecular weight excluding hydrogens is 334 g/mol. The van der Waals surface area contributed by atoms with E-state index in [1.54, 1.807) is 12.1 Å². The fourth-order valence-corrected chi connectivity index (χ4v) is 3.21. The lowest BCUT2D eigenvalue weighted by Crippen LogP contribution is -2.47. The summed E-state index contributed by atoms with van der Waals surface area (Å²) in [6, 6.07) is 7.23. The number of rotatable bonds is 2. The lowest BCUT2D eigenvalue weighted by Gasteiger charge is -2.28. The number of benzene rings is 1. The molecule has 6 heteroatoms. The molecule has 1 aromatic rings. The molecule has 0 radical (unpaired) electrons. The first-order chi connectivity index (χ1) is 10.1. The second kappa shape index (κ2) is 6.07. The van der Waals surface area contributed by atoms with E-state index in [4.69, 9.17) is 0 Å². The minimum atomic E-state index is -0.840. The molecule has 0 aliphatic carbocycles. The van der Waals surface area contributed by atoms with Crippen molar-refractivity contribution < 1.29 is 9.59 Å². The van der Waals surface area contributed by atoms with Gasteiger partial charge < -0.3 is 10.6 Å². The summed E-state index contributed by atoms with van der Waals surface area (Å²) < 4.78 is 0.841. The highest BCUT2D eigenvalue weighted by Crippen LogP contribution is 2.25. The first kappa shape index (κ1) is 14.4. The average Bonchev–Trinajstić information content (AvgIpc) is 2.47. The van der Waals surface area contributed by atoms with E-state index in [1.165, 1.54) is 0 Å². The lowest BCUT2D eigenvalue weighted by atomic mass is 9.92. The highest BCUT2D eigenvalue weighted by atomic mass is 79.9. The number of nitrogens with one attached hydrogen (secondary N) is 2. The number of nitrogens with zero attached hydrogens (tertiary/aromatic N) is 1. The van der Waals surface area contributed by atoms with E-state index in [-0.39, 0.29) is 17.7 Å². The van der Waals surface area contributed by atoms with Crippen molar-refractivity contribution in [2.24, 2.45) is 10.9 Å². The number of hydrogen-bond acceptors (Lipinski definition) is 3. The maximum atomic E-state index is 12.3. The second-order valence-corrected chi connectivity index (χ2v) is 6.25. The van der Waals surface area contributed by atoms with Gasteiger partial charge in [0.25, 0.3) is 5.91 Å². The Balaban J connectivity index is 1.85. The highest BCUT2D eigenvalue weighted by Gasteiger charge is 2.35. The van der Waals surface area contributed by atoms with Crippen LogP contribution < -0.4 is 10.6 Å². The minimum absolute atomic E-state index is 0.169. The number of piperidine rings is 1. The number of amidine groups is 1. The van der Waals surface area contributed by atoms with E-state index in [2.05, 4.69) is 31.6 Å². The third kappa shape index (κ3) is 3.06. The molecule has 2 N–H and O–H groups in total. The Labute approximate surface area is 131 Å². The van der Waals surface area contributed by atoms with Gasteiger partial charge in [-0.15, -0.1) is 0 Å². The number of aliphatic imine (C=N–C) groups is 1. The molecule has 110 valence electrons. The van der Waals surface area contributed by atoms with E-state index < -0.39 is 5.92 Å². The number of amides is 2. The van der Waals surface area contributed by atoms with E-state index in [0.717, 1.165) is 30.4 Å². The molecule has 0 aromatic heterocycles. The molecule has 2 aliphatic rings. The van der Waals surface area contributed by atoms with Crippen LogP contribution in [0, 0.1) is 5.92 Å². The first-order valence-electron chi connectivity index (χ1n) is 7.04. The molecule has 1 atom stereocenters. The Bertz CT molecular complexity index is 609. The van der Waals surface area contributed by atoms with E-state index in [1.807, 2.05) is 12.1 Å². The molecule has 2 heterocycles. The van der Waals surface area contributed by atoms with Crippen molar-refractivity contribution in [1.82, 2.24) is 10.6 Å². The van der Waals surface area contributed by atoms with Gasteiger partial charge in [-0.3, -0.25) is 9.59 Å². The summed E-state index contributed by atoms with van der Waals surface area (Å²) in [6.45, 7) is 1.78. The Kier molecular flexibility index (Phi) is 4.17. The Hall–Kier alpha value is -1.53. The van der Waals surface area contributed by atoms with Crippen LogP contribution in [0.3, 0.4) is 0 Å². The van der Waals surface area contributed by atoms with Crippen LogP contribution in [0.25, 0.3) is 0 Å². The maximum absolute atomic E-state index is 12.3. The summed E-state index contributed by atoms with van der Waals surface area (Å²) in [5.74, 6) is -0.777. The zero-order valence-electron chi connectivity index (χ0n) is 11.4. The number of hydrogen-bond donors (Lipinski definition) is 2. The number of halogens is 1. The van der Waals surface area contributed by atoms with E-state index in [0.29, 0.717) is 11.4 Å². The molecule has 1 saturated heterocycles. The van der Waals surface area contributed by atoms with Gasteiger partial charge in [0.15, 0.2) is 0 Å². The van der Waals surface area contributed by atoms with Crippen molar-refractivity contribution in [3.63, 3.8) is 0 Å². The monoisotopic (exact) mass is 349 g/mol. The third-order valence-corrected chi connectivity index (χ3v) is 4.39. The van der Waals surface area contributed by atoms with Gasteiger partial charge in [-0.25, -0.2) is 0 Å². The SMILES string of the molecule is O=C1N=C(C2CCNCC2)NC(=O)C1c1cccc(Br)c1. The third-order valence-electron chi connectivity index (χ3n) is 3.90. The molecule has 2 aliphatic heterocycles. The van der Waals surface area contributed by atoms with Gasteiger partial charge in [0.2, 0.25) is 5.91 Å². The van der Waals surface area contributed by atoms with Crippen LogP contribution in [0.1, 0.15) is 24.3 Å². The van der Waals surface area contributed by atoms with Crippen LogP contribution in [0.5, 0.6) is 0 Å². The molecule has 2 amide bonds. The highest BCUT2D eigenvalue weighted by molar-refractivity contribution is 9.10. The van der Waals surface area contributed by atoms with Gasteiger partial charge in [0, 0.05) is 10.4 Å². The zero-order chi connectivity index (χ0) is 14.8. The van der Waals surface area contributed by atoms with Gasteiger partial charge in [0.05, 0.1) is 0 Å². The van der Waals surface area contributed by atoms with Gasteiger partial charge in [-0.2, -0.15) is 4.99 Å². The fraction of sp³-hybridized carbons (Fsp3) is 0.400. The van der Waals surface area contributed by atoms with Crippen LogP contribution in [0.15, 0.2) is 33.7 Å². The van der Waals surface area contributed by atoms with Crippen molar-refractivity contribution in [1.29, 1.82) is 0 Å². The molecule has 1 unspecified atom stereocenters. The average molecular weight is 350 g/mol. The van der Waals surface area contributed by atoms with Crippen molar-refractivity contribution in [2.45, 2.75) is 18.8 Å². The zero-order valence-corrected chi connectivity index (χ0v) is 13.0. The largest absolute Gasteiger partial charge is 0.317 e. The van der Waals surface area contributed by atoms with Gasteiger partial charge in [0.1, 0.15) is 11.8 Å². The summed E-state index contributed by atoms with van der Waals surface area (Å²) in [6.07, 6.45) is 1.79. The Morgan fingerprint density at radius 2 is 1.95 bits per heavy atom. The molecule has 1 aromatic carbocycles. The normalized spacial score (nSPS) is 23.7. The predicted octanol–water partition coefficient (Wildman–Crippen LogP) is 1.59. The van der Waals surface area contributed by atoms with Gasteiger partial charge in [-0.1, -0.05) is 28.1 Å². The van der Waals surface area contributed by atoms with Crippen molar-refractivity contribution in [3.8, 4) is 0 Å². The van der Waals surface area contributed by atoms with Crippen LogP contribution in [0.4, 0.5) is 0 Å². The lowest BCUT2D eigenvalue weighted by molar-refractivity contribution is -0.130. The molecule has 3 rings (SSSR count). The first-order valence-corrected chi connectivity index (χ1v) is 7.84. The number of carbonyl (C=O) groups is 2. The molecule has 1 fully saturated rings. The maximum Gasteiger partial charge on any atom is 0.264 e. The van der Waals surface area contributed by atoms with Crippen LogP contribution in [-0.2, 0) is 9.59 Å². The standard InChI is InChI=1S/C15H16BrN3O2/c16-11-3-1-2-10(8-11)12-14(20)18-13(19-15(12)21)9-4-6-17-7-5-9/h1-3,8-9,12,17H,4-7H2,(H,18,19,20,21). The quantitative estimate of drug-likeness (QED) is 0.796. The summed E-state index contributed by atoms with van der Waals surface area (Å²) in [5.41, 5.74) is 0.667. The molecule has 0 spiro atoms. The van der Waals surface area contributed by atoms with Gasteiger partial charge in [-0.05, 0) is 43.6 Å². The summed E-state index contributed by atoms with van der Waals surface area (Å²) >= 11 is 3.36. The van der Waals surface area contributed by atoms with E-state index in [9.17, 15) is 9.59 Å². The Morgan fingerprint density at radius 3 is 2.62 bits per heavy atom. The summed E-state index contributed by atoms with van der Waals surface area (Å²) in [4.78, 5) is 28.8. The van der Waals surface area contributed by atoms with Crippen LogP contribution in [-0.4, -0.2) is 30.7 Å². The van der Waals surface area contributed by atoms with Crippen molar-refractivity contribution in [3.05, 3.63) is 34.3 Å². The summed E-state index contributed by atoms with van der Waals surface area (Å²) in [5, 5.41) is 6.09. The molecular formula is C15H16BrN3O2. The summed E-state index contributed by atoms with van der Waals surface area (Å²) in [7, 11) is 0. The van der Waals surface area contributed by atoms with Gasteiger partial charge >= 0.3 is 0 Å². The second-order valence-electron chi connectivity index (χ2n) is 5.34. The molecule has 21 heavy (non-hydrogen) atoms. The van der Waals surface area contributed by atoms with Crippen LogP contribution in [0.2, 0.25) is 0 Å². The van der Waals surface area contributed by atoms with Crippen molar-refractivity contribution in [2.75, 3.05) is 13.1 Å². The minimum Gasteiger partial charge on any atom is -0.317 e. The van der Waals surface area contributed by atoms with Crippen LogP contribution >= 0.6 is 15.9 Å². The molecule has 0 bridgehead atoms. The smallest absolute Gasteiger partial charge is 0.264 e. The molecule has 0 saturated carbocycles. The van der Waals surface area contributed by atoms with E-state index >= 15 is 0 Å².